The maximum absolute atomic E-state index is 12.5. The van der Waals surface area contributed by atoms with E-state index in [0.29, 0.717) is 12.3 Å². The van der Waals surface area contributed by atoms with Crippen molar-refractivity contribution >= 4 is 16.9 Å². The topological polar surface area (TPSA) is 40.5 Å². The van der Waals surface area contributed by atoms with E-state index in [1.807, 2.05) is 65.2 Å². The van der Waals surface area contributed by atoms with Gasteiger partial charge in [-0.05, 0) is 36.8 Å². The lowest BCUT2D eigenvalue weighted by molar-refractivity contribution is 0.0514. The van der Waals surface area contributed by atoms with E-state index in [2.05, 4.69) is 6.58 Å². The molecule has 0 amide bonds. The summed E-state index contributed by atoms with van der Waals surface area (Å²) in [6, 6.07) is 17.4. The van der Waals surface area contributed by atoms with E-state index in [4.69, 9.17) is 9.47 Å². The Bertz CT molecular complexity index is 893. The second-order valence-corrected chi connectivity index (χ2v) is 5.63. The predicted octanol–water partition coefficient (Wildman–Crippen LogP) is 4.60. The Kier molecular flexibility index (Phi) is 4.89. The fourth-order valence-electron chi connectivity index (χ4n) is 3.03. The standard InChI is InChI=1S/C21H21NO3/c1-4-18(15-10-12-17(24-3)13-11-15)22-19-9-7-6-8-16(19)14-20(22)21(23)25-5-2/h4,6-14,18H,1,5H2,2-3H3/t18-/m1/s1. The van der Waals surface area contributed by atoms with Crippen molar-refractivity contribution in [2.45, 2.75) is 13.0 Å². The van der Waals surface area contributed by atoms with Crippen LogP contribution in [0.1, 0.15) is 29.0 Å². The van der Waals surface area contributed by atoms with E-state index < -0.39 is 0 Å². The summed E-state index contributed by atoms with van der Waals surface area (Å²) in [4.78, 5) is 12.5. The van der Waals surface area contributed by atoms with Gasteiger partial charge in [0.1, 0.15) is 11.4 Å². The number of carbonyl (C=O) groups excluding carboxylic acids is 1. The lowest BCUT2D eigenvalue weighted by Gasteiger charge is -2.20. The Morgan fingerprint density at radius 2 is 1.92 bits per heavy atom. The highest BCUT2D eigenvalue weighted by molar-refractivity contribution is 5.96. The Morgan fingerprint density at radius 1 is 1.20 bits per heavy atom. The number of hydrogen-bond donors (Lipinski definition) is 0. The first-order valence-corrected chi connectivity index (χ1v) is 8.23. The second-order valence-electron chi connectivity index (χ2n) is 5.63. The van der Waals surface area contributed by atoms with Gasteiger partial charge in [0.15, 0.2) is 0 Å². The average Bonchev–Trinajstić information content (AvgIpc) is 3.03. The van der Waals surface area contributed by atoms with Crippen LogP contribution in [-0.2, 0) is 4.74 Å². The molecule has 3 rings (SSSR count). The molecule has 0 bridgehead atoms. The van der Waals surface area contributed by atoms with Crippen LogP contribution in [0, 0.1) is 0 Å². The molecule has 1 atom stereocenters. The normalized spacial score (nSPS) is 11.9. The van der Waals surface area contributed by atoms with Crippen molar-refractivity contribution in [3.63, 3.8) is 0 Å². The van der Waals surface area contributed by atoms with Gasteiger partial charge in [-0.1, -0.05) is 36.4 Å². The number of esters is 1. The van der Waals surface area contributed by atoms with E-state index in [0.717, 1.165) is 22.2 Å². The number of aromatic nitrogens is 1. The highest BCUT2D eigenvalue weighted by Gasteiger charge is 2.22. The molecule has 0 aliphatic carbocycles. The third-order valence-electron chi connectivity index (χ3n) is 4.19. The molecule has 1 heterocycles. The van der Waals surface area contributed by atoms with E-state index >= 15 is 0 Å². The molecule has 3 aromatic rings. The summed E-state index contributed by atoms with van der Waals surface area (Å²) >= 11 is 0. The van der Waals surface area contributed by atoms with Crippen LogP contribution >= 0.6 is 0 Å². The zero-order valence-corrected chi connectivity index (χ0v) is 14.4. The third-order valence-corrected chi connectivity index (χ3v) is 4.19. The number of fused-ring (bicyclic) bond motifs is 1. The number of benzene rings is 2. The maximum Gasteiger partial charge on any atom is 0.355 e. The molecular weight excluding hydrogens is 314 g/mol. The minimum Gasteiger partial charge on any atom is -0.497 e. The number of carbonyl (C=O) groups is 1. The van der Waals surface area contributed by atoms with Crippen LogP contribution in [0.4, 0.5) is 0 Å². The zero-order valence-electron chi connectivity index (χ0n) is 14.4. The van der Waals surface area contributed by atoms with Gasteiger partial charge in [0.2, 0.25) is 0 Å². The molecule has 0 fully saturated rings. The van der Waals surface area contributed by atoms with Crippen molar-refractivity contribution in [2.75, 3.05) is 13.7 Å². The molecule has 1 aromatic heterocycles. The third kappa shape index (κ3) is 3.15. The van der Waals surface area contributed by atoms with Gasteiger partial charge in [-0.3, -0.25) is 0 Å². The van der Waals surface area contributed by atoms with Crippen molar-refractivity contribution in [3.05, 3.63) is 78.5 Å². The first-order valence-electron chi connectivity index (χ1n) is 8.23. The Balaban J connectivity index is 2.17. The quantitative estimate of drug-likeness (QED) is 0.488. The summed E-state index contributed by atoms with van der Waals surface area (Å²) < 4.78 is 12.5. The van der Waals surface area contributed by atoms with E-state index in [1.165, 1.54) is 0 Å². The molecule has 25 heavy (non-hydrogen) atoms. The number of allylic oxidation sites excluding steroid dienone is 1. The van der Waals surface area contributed by atoms with Gasteiger partial charge >= 0.3 is 5.97 Å². The van der Waals surface area contributed by atoms with Crippen LogP contribution in [0.3, 0.4) is 0 Å². The molecule has 0 saturated heterocycles. The SMILES string of the molecule is C=C[C@H](c1ccc(OC)cc1)n1c(C(=O)OCC)cc2ccccc21. The lowest BCUT2D eigenvalue weighted by Crippen LogP contribution is -2.16. The summed E-state index contributed by atoms with van der Waals surface area (Å²) in [5.74, 6) is 0.452. The van der Waals surface area contributed by atoms with Gasteiger partial charge in [-0.2, -0.15) is 0 Å². The first kappa shape index (κ1) is 16.8. The Hall–Kier alpha value is -3.01. The monoisotopic (exact) mass is 335 g/mol. The maximum atomic E-state index is 12.5. The fraction of sp³-hybridized carbons (Fsp3) is 0.190. The van der Waals surface area contributed by atoms with Gasteiger partial charge in [0.25, 0.3) is 0 Å². The van der Waals surface area contributed by atoms with Crippen LogP contribution < -0.4 is 4.74 Å². The van der Waals surface area contributed by atoms with Crippen LogP contribution in [0.15, 0.2) is 67.3 Å². The summed E-state index contributed by atoms with van der Waals surface area (Å²) in [7, 11) is 1.64. The molecule has 0 aliphatic heterocycles. The van der Waals surface area contributed by atoms with Crippen LogP contribution in [0.25, 0.3) is 10.9 Å². The van der Waals surface area contributed by atoms with Gasteiger partial charge in [0, 0.05) is 10.9 Å². The number of ether oxygens (including phenoxy) is 2. The minimum absolute atomic E-state index is 0.190. The second kappa shape index (κ2) is 7.26. The summed E-state index contributed by atoms with van der Waals surface area (Å²) in [5.41, 5.74) is 2.50. The molecule has 128 valence electrons. The van der Waals surface area contributed by atoms with E-state index in [9.17, 15) is 4.79 Å². The molecular formula is C21H21NO3. The predicted molar refractivity (Wildman–Crippen MR) is 99.2 cm³/mol. The highest BCUT2D eigenvalue weighted by Crippen LogP contribution is 2.30. The number of rotatable bonds is 6. The molecule has 0 spiro atoms. The van der Waals surface area contributed by atoms with E-state index in [-0.39, 0.29) is 12.0 Å². The van der Waals surface area contributed by atoms with Crippen molar-refractivity contribution in [1.82, 2.24) is 4.57 Å². The van der Waals surface area contributed by atoms with Crippen molar-refractivity contribution < 1.29 is 14.3 Å². The smallest absolute Gasteiger partial charge is 0.355 e. The summed E-state index contributed by atoms with van der Waals surface area (Å²) in [6.07, 6.45) is 1.83. The molecule has 0 radical (unpaired) electrons. The van der Waals surface area contributed by atoms with Gasteiger partial charge in [0.05, 0.1) is 19.8 Å². The van der Waals surface area contributed by atoms with Crippen LogP contribution in [0.2, 0.25) is 0 Å². The Labute approximate surface area is 147 Å². The molecule has 0 saturated carbocycles. The fourth-order valence-corrected chi connectivity index (χ4v) is 3.03. The minimum atomic E-state index is -0.334. The number of methoxy groups -OCH3 is 1. The first-order chi connectivity index (χ1) is 12.2. The molecule has 4 nitrogen and oxygen atoms in total. The largest absolute Gasteiger partial charge is 0.497 e. The van der Waals surface area contributed by atoms with E-state index in [1.54, 1.807) is 14.0 Å². The molecule has 2 aromatic carbocycles. The van der Waals surface area contributed by atoms with Gasteiger partial charge in [-0.15, -0.1) is 6.58 Å². The van der Waals surface area contributed by atoms with Gasteiger partial charge < -0.3 is 14.0 Å². The van der Waals surface area contributed by atoms with Crippen LogP contribution in [0.5, 0.6) is 5.75 Å². The highest BCUT2D eigenvalue weighted by atomic mass is 16.5. The molecule has 0 N–H and O–H groups in total. The lowest BCUT2D eigenvalue weighted by atomic mass is 10.1. The Morgan fingerprint density at radius 3 is 2.56 bits per heavy atom. The number of nitrogens with zero attached hydrogens (tertiary/aromatic N) is 1. The average molecular weight is 335 g/mol. The molecule has 4 heteroatoms. The van der Waals surface area contributed by atoms with Crippen molar-refractivity contribution in [3.8, 4) is 5.75 Å². The zero-order chi connectivity index (χ0) is 17.8. The van der Waals surface area contributed by atoms with Crippen molar-refractivity contribution in [1.29, 1.82) is 0 Å². The number of para-hydroxylation sites is 1. The number of hydrogen-bond acceptors (Lipinski definition) is 3. The van der Waals surface area contributed by atoms with Crippen LogP contribution in [-0.4, -0.2) is 24.3 Å². The van der Waals surface area contributed by atoms with Gasteiger partial charge in [-0.25, -0.2) is 4.79 Å². The summed E-state index contributed by atoms with van der Waals surface area (Å²) in [5, 5.41) is 0.992. The molecule has 0 aliphatic rings. The summed E-state index contributed by atoms with van der Waals surface area (Å²) in [6.45, 7) is 6.12. The van der Waals surface area contributed by atoms with Crippen molar-refractivity contribution in [2.24, 2.45) is 0 Å². The molecule has 0 unspecified atom stereocenters.